The van der Waals surface area contributed by atoms with Gasteiger partial charge in [0.15, 0.2) is 17.3 Å². The van der Waals surface area contributed by atoms with Crippen LogP contribution in [0.5, 0.6) is 23.0 Å². The Morgan fingerprint density at radius 1 is 0.918 bits per heavy atom. The first kappa shape index (κ1) is 34.6. The Labute approximate surface area is 286 Å². The Hall–Kier alpha value is -4.29. The molecule has 6 atom stereocenters. The molecule has 2 aliphatic heterocycles. The van der Waals surface area contributed by atoms with Crippen molar-refractivity contribution in [1.29, 1.82) is 0 Å². The molecule has 0 spiro atoms. The van der Waals surface area contributed by atoms with Gasteiger partial charge in [-0.2, -0.15) is 0 Å². The third-order valence-electron chi connectivity index (χ3n) is 10.7. The van der Waals surface area contributed by atoms with Gasteiger partial charge in [0.1, 0.15) is 18.0 Å². The Morgan fingerprint density at radius 2 is 1.63 bits per heavy atom. The molecule has 12 nitrogen and oxygen atoms in total. The van der Waals surface area contributed by atoms with Crippen LogP contribution in [0.15, 0.2) is 24.3 Å². The van der Waals surface area contributed by atoms with Crippen LogP contribution in [0.3, 0.4) is 0 Å². The smallest absolute Gasteiger partial charge is 0.338 e. The number of methoxy groups -OCH3 is 6. The average molecular weight is 679 g/mol. The largest absolute Gasteiger partial charge is 0.496 e. The van der Waals surface area contributed by atoms with Crippen LogP contribution in [-0.4, -0.2) is 95.6 Å². The van der Waals surface area contributed by atoms with Gasteiger partial charge in [-0.3, -0.25) is 14.5 Å². The van der Waals surface area contributed by atoms with E-state index < -0.39 is 30.1 Å². The lowest BCUT2D eigenvalue weighted by atomic mass is 9.63. The van der Waals surface area contributed by atoms with Crippen LogP contribution < -0.4 is 18.9 Å². The van der Waals surface area contributed by atoms with Gasteiger partial charge < -0.3 is 38.1 Å². The number of benzene rings is 2. The molecule has 3 heterocycles. The number of hydrogen-bond acceptors (Lipinski definition) is 11. The molecule has 12 heteroatoms. The second kappa shape index (κ2) is 14.3. The number of fused-ring (bicyclic) bond motifs is 6. The molecule has 1 saturated heterocycles. The first-order valence-electron chi connectivity index (χ1n) is 16.8. The molecule has 3 aromatic rings. The minimum Gasteiger partial charge on any atom is -0.496 e. The molecule has 3 aliphatic rings. The number of nitrogens with zero attached hydrogens (tertiary/aromatic N) is 1. The summed E-state index contributed by atoms with van der Waals surface area (Å²) >= 11 is 0. The van der Waals surface area contributed by atoms with Crippen molar-refractivity contribution in [3.63, 3.8) is 0 Å². The van der Waals surface area contributed by atoms with Crippen molar-refractivity contribution in [1.82, 2.24) is 9.88 Å². The van der Waals surface area contributed by atoms with Gasteiger partial charge in [0.25, 0.3) is 0 Å². The van der Waals surface area contributed by atoms with Crippen molar-refractivity contribution in [2.24, 2.45) is 17.8 Å². The first-order chi connectivity index (χ1) is 23.7. The van der Waals surface area contributed by atoms with E-state index in [1.807, 2.05) is 19.1 Å². The zero-order valence-electron chi connectivity index (χ0n) is 29.3. The summed E-state index contributed by atoms with van der Waals surface area (Å²) in [4.78, 5) is 46.6. The van der Waals surface area contributed by atoms with Crippen LogP contribution >= 0.6 is 0 Å². The van der Waals surface area contributed by atoms with E-state index in [9.17, 15) is 14.4 Å². The summed E-state index contributed by atoms with van der Waals surface area (Å²) in [6.07, 6.45) is 1.76. The van der Waals surface area contributed by atoms with Crippen molar-refractivity contribution in [3.8, 4) is 23.0 Å². The normalized spacial score (nSPS) is 24.6. The molecule has 0 unspecified atom stereocenters. The first-order valence-corrected chi connectivity index (χ1v) is 16.8. The highest BCUT2D eigenvalue weighted by Crippen LogP contribution is 2.51. The molecule has 2 aromatic carbocycles. The van der Waals surface area contributed by atoms with Gasteiger partial charge >= 0.3 is 11.9 Å². The second-order valence-electron chi connectivity index (χ2n) is 13.0. The molecular formula is C37H46N2O10. The van der Waals surface area contributed by atoms with E-state index in [1.54, 1.807) is 19.2 Å². The summed E-state index contributed by atoms with van der Waals surface area (Å²) in [7, 11) is 8.96. The van der Waals surface area contributed by atoms with Crippen LogP contribution in [0.4, 0.5) is 0 Å². The van der Waals surface area contributed by atoms with Gasteiger partial charge in [0.05, 0.1) is 64.2 Å². The highest BCUT2D eigenvalue weighted by Gasteiger charge is 2.54. The molecule has 2 fully saturated rings. The zero-order valence-corrected chi connectivity index (χ0v) is 29.3. The summed E-state index contributed by atoms with van der Waals surface area (Å²) in [5.74, 6) is -0.0653. The van der Waals surface area contributed by atoms with Crippen molar-refractivity contribution >= 4 is 28.6 Å². The minimum atomic E-state index is -0.723. The van der Waals surface area contributed by atoms with Crippen LogP contribution in [0.25, 0.3) is 10.9 Å². The topological polar surface area (TPSA) is 135 Å². The molecule has 1 aliphatic carbocycles. The maximum absolute atomic E-state index is 13.6. The van der Waals surface area contributed by atoms with Crippen LogP contribution in [0.1, 0.15) is 70.6 Å². The zero-order chi connectivity index (χ0) is 35.0. The molecule has 1 aromatic heterocycles. The summed E-state index contributed by atoms with van der Waals surface area (Å²) in [5, 5.41) is 1.04. The van der Waals surface area contributed by atoms with Crippen molar-refractivity contribution in [2.45, 2.75) is 57.3 Å². The van der Waals surface area contributed by atoms with Gasteiger partial charge in [-0.25, -0.2) is 4.79 Å². The molecule has 6 rings (SSSR count). The second-order valence-corrected chi connectivity index (χ2v) is 13.0. The van der Waals surface area contributed by atoms with Gasteiger partial charge in [-0.05, 0) is 67.3 Å². The van der Waals surface area contributed by atoms with E-state index in [2.05, 4.69) is 9.88 Å². The summed E-state index contributed by atoms with van der Waals surface area (Å²) < 4.78 is 39.4. The van der Waals surface area contributed by atoms with Crippen molar-refractivity contribution in [2.75, 3.05) is 55.7 Å². The Morgan fingerprint density at radius 3 is 2.24 bits per heavy atom. The fourth-order valence-electron chi connectivity index (χ4n) is 8.50. The van der Waals surface area contributed by atoms with Crippen LogP contribution in [0.2, 0.25) is 0 Å². The summed E-state index contributed by atoms with van der Waals surface area (Å²) in [6.45, 7) is 3.52. The number of aromatic nitrogens is 1. The third-order valence-corrected chi connectivity index (χ3v) is 10.7. The van der Waals surface area contributed by atoms with E-state index in [4.69, 9.17) is 33.2 Å². The van der Waals surface area contributed by atoms with Gasteiger partial charge in [0, 0.05) is 37.7 Å². The van der Waals surface area contributed by atoms with Gasteiger partial charge in [-0.1, -0.05) is 6.92 Å². The molecule has 0 radical (unpaired) electrons. The van der Waals surface area contributed by atoms with Crippen molar-refractivity contribution in [3.05, 3.63) is 46.6 Å². The van der Waals surface area contributed by atoms with E-state index in [0.29, 0.717) is 54.4 Å². The average Bonchev–Trinajstić information content (AvgIpc) is 3.51. The molecule has 1 N–H and O–H groups in total. The fourth-order valence-corrected chi connectivity index (χ4v) is 8.50. The molecular weight excluding hydrogens is 632 g/mol. The highest BCUT2D eigenvalue weighted by molar-refractivity contribution is 6.10. The Kier molecular flexibility index (Phi) is 10.1. The Bertz CT molecular complexity index is 1710. The molecule has 49 heavy (non-hydrogen) atoms. The lowest BCUT2D eigenvalue weighted by Gasteiger charge is -2.52. The van der Waals surface area contributed by atoms with Crippen LogP contribution in [-0.2, 0) is 25.4 Å². The van der Waals surface area contributed by atoms with Gasteiger partial charge in [-0.15, -0.1) is 0 Å². The predicted molar refractivity (Wildman–Crippen MR) is 180 cm³/mol. The maximum Gasteiger partial charge on any atom is 0.338 e. The SMILES string of the molecule is CCCC(=O)c1c(OC)ccc2c3c([nH]c12)[C@H]1C[C@H]2[C@H](C[C@@H](OC(=O)c4cc(OC)c(OC)c(OC)c4)[C@H](OC)[C@H]2C(=O)OC)CN1CC3. The lowest BCUT2D eigenvalue weighted by Crippen LogP contribution is -2.58. The third kappa shape index (κ3) is 5.99. The lowest BCUT2D eigenvalue weighted by molar-refractivity contribution is -0.176. The van der Waals surface area contributed by atoms with E-state index in [-0.39, 0.29) is 29.2 Å². The number of carbonyl (C=O) groups excluding carboxylic acids is 3. The predicted octanol–water partition coefficient (Wildman–Crippen LogP) is 5.15. The van der Waals surface area contributed by atoms with E-state index in [0.717, 1.165) is 36.0 Å². The quantitative estimate of drug-likeness (QED) is 0.213. The number of esters is 2. The molecule has 0 amide bonds. The number of piperidine rings is 1. The van der Waals surface area contributed by atoms with E-state index >= 15 is 0 Å². The number of Topliss-reactive ketones (excluding diaryl/α,β-unsaturated/α-hetero) is 1. The minimum absolute atomic E-state index is 0.000475. The Balaban J connectivity index is 1.32. The maximum atomic E-state index is 13.6. The number of rotatable bonds is 11. The summed E-state index contributed by atoms with van der Waals surface area (Å²) in [6, 6.07) is 7.02. The molecule has 0 bridgehead atoms. The number of ketones is 1. The standard InChI is InChI=1S/C37H46N2O10/c1-8-9-25(40)31-26(43-2)11-10-21-22-12-13-39-18-20-16-29(49-36(41)19-14-27(44-3)34(46-5)28(15-19)45-4)35(47-6)30(37(42)48-7)23(20)17-24(39)32(22)38-33(21)31/h10-11,14-15,20,23-24,29-30,35,38H,8-9,12-13,16-18H2,1-7H3/t20-,23+,24-,29-,30+,35+/m1/s1. The highest BCUT2D eigenvalue weighted by atomic mass is 16.6. The number of H-pyrrole nitrogens is 1. The van der Waals surface area contributed by atoms with Gasteiger partial charge in [0.2, 0.25) is 5.75 Å². The number of ether oxygens (including phenoxy) is 7. The monoisotopic (exact) mass is 678 g/mol. The molecule has 1 saturated carbocycles. The number of aromatic amines is 1. The fraction of sp³-hybridized carbons (Fsp3) is 0.541. The van der Waals surface area contributed by atoms with Crippen molar-refractivity contribution < 1.29 is 47.5 Å². The van der Waals surface area contributed by atoms with E-state index in [1.165, 1.54) is 41.1 Å². The number of hydrogen-bond donors (Lipinski definition) is 1. The number of carbonyl (C=O) groups is 3. The van der Waals surface area contributed by atoms with Crippen LogP contribution in [0, 0.1) is 17.8 Å². The number of nitrogens with one attached hydrogen (secondary N) is 1. The summed E-state index contributed by atoms with van der Waals surface area (Å²) in [5.41, 5.74) is 3.91. The molecule has 264 valence electrons.